The smallest absolute Gasteiger partial charge is 0.166 e. The molecule has 2 atom stereocenters. The van der Waals surface area contributed by atoms with Gasteiger partial charge in [-0.3, -0.25) is 0 Å². The molecule has 3 aromatic heterocycles. The van der Waals surface area contributed by atoms with Crippen LogP contribution in [-0.2, 0) is 7.05 Å². The topological polar surface area (TPSA) is 58.5 Å². The number of halogens is 2. The van der Waals surface area contributed by atoms with Crippen LogP contribution in [-0.4, -0.2) is 25.6 Å². The molecule has 0 radical (unpaired) electrons. The van der Waals surface area contributed by atoms with Crippen LogP contribution in [0.3, 0.4) is 0 Å². The quantitative estimate of drug-likeness (QED) is 0.451. The first kappa shape index (κ1) is 18.8. The Hall–Kier alpha value is -2.96. The molecule has 5 nitrogen and oxygen atoms in total. The number of fused-ring (bicyclic) bond motifs is 5. The van der Waals surface area contributed by atoms with Gasteiger partial charge in [0.15, 0.2) is 5.82 Å². The van der Waals surface area contributed by atoms with Crippen molar-refractivity contribution < 1.29 is 8.78 Å². The van der Waals surface area contributed by atoms with Gasteiger partial charge in [0.2, 0.25) is 0 Å². The largest absolute Gasteiger partial charge is 0.366 e. The van der Waals surface area contributed by atoms with Gasteiger partial charge in [-0.1, -0.05) is 6.92 Å². The van der Waals surface area contributed by atoms with Crippen molar-refractivity contribution in [1.82, 2.24) is 19.5 Å². The lowest BCUT2D eigenvalue weighted by atomic mass is 9.62. The molecule has 31 heavy (non-hydrogen) atoms. The summed E-state index contributed by atoms with van der Waals surface area (Å²) in [5, 5.41) is 5.18. The van der Waals surface area contributed by atoms with Crippen molar-refractivity contribution in [3.63, 3.8) is 0 Å². The molecule has 0 aliphatic heterocycles. The number of benzene rings is 1. The molecule has 0 amide bonds. The lowest BCUT2D eigenvalue weighted by Gasteiger charge is -2.47. The number of aryl methyl sites for hydroxylation is 1. The summed E-state index contributed by atoms with van der Waals surface area (Å²) in [5.74, 6) is 2.06. The zero-order valence-corrected chi connectivity index (χ0v) is 17.6. The van der Waals surface area contributed by atoms with E-state index in [1.165, 1.54) is 31.7 Å². The minimum atomic E-state index is -0.619. The number of hydrogen-bond donors (Lipinski definition) is 2. The summed E-state index contributed by atoms with van der Waals surface area (Å²) < 4.78 is 30.1. The Morgan fingerprint density at radius 2 is 1.84 bits per heavy atom. The fourth-order valence-corrected chi connectivity index (χ4v) is 5.87. The summed E-state index contributed by atoms with van der Waals surface area (Å²) in [7, 11) is 1.95. The standard InChI is InChI=1S/C24H25F2N5/c1-12-13-3-5-14(6-4-13)20(12)28-22-16-7-8-31(2)24(16)30-23(29-22)18-11-27-21-17(18)9-15(25)10-19(21)26/h7-14,20,27H,3-6H2,1-2H3,(H,28,29,30)/t12-,13?,14?,20+/m1/s1. The van der Waals surface area contributed by atoms with Gasteiger partial charge in [-0.25, -0.2) is 18.7 Å². The van der Waals surface area contributed by atoms with E-state index >= 15 is 0 Å². The first-order chi connectivity index (χ1) is 15.0. The van der Waals surface area contributed by atoms with Gasteiger partial charge in [-0.05, 0) is 55.6 Å². The molecule has 3 saturated carbocycles. The average Bonchev–Trinajstić information content (AvgIpc) is 3.35. The van der Waals surface area contributed by atoms with Crippen LogP contribution in [0.4, 0.5) is 14.6 Å². The van der Waals surface area contributed by atoms with Crippen LogP contribution in [0.15, 0.2) is 30.6 Å². The molecule has 3 aliphatic carbocycles. The van der Waals surface area contributed by atoms with Crippen molar-refractivity contribution in [2.75, 3.05) is 5.32 Å². The van der Waals surface area contributed by atoms with Crippen molar-refractivity contribution in [1.29, 1.82) is 0 Å². The predicted octanol–water partition coefficient (Wildman–Crippen LogP) is 5.63. The number of aromatic amines is 1. The Bertz CT molecular complexity index is 1300. The normalized spacial score (nSPS) is 25.5. The molecule has 7 rings (SSSR count). The fraction of sp³-hybridized carbons (Fsp3) is 0.417. The number of hydrogen-bond acceptors (Lipinski definition) is 3. The molecule has 4 aromatic rings. The van der Waals surface area contributed by atoms with Crippen LogP contribution >= 0.6 is 0 Å². The monoisotopic (exact) mass is 421 g/mol. The Labute approximate surface area is 178 Å². The Balaban J connectivity index is 1.49. The Morgan fingerprint density at radius 3 is 2.61 bits per heavy atom. The van der Waals surface area contributed by atoms with Crippen LogP contribution in [0.1, 0.15) is 32.6 Å². The van der Waals surface area contributed by atoms with Crippen LogP contribution in [0, 0.1) is 29.4 Å². The second-order valence-corrected chi connectivity index (χ2v) is 9.28. The maximum atomic E-state index is 14.2. The number of aromatic nitrogens is 4. The highest BCUT2D eigenvalue weighted by Crippen LogP contribution is 2.46. The predicted molar refractivity (Wildman–Crippen MR) is 118 cm³/mol. The van der Waals surface area contributed by atoms with E-state index < -0.39 is 11.6 Å². The van der Waals surface area contributed by atoms with Gasteiger partial charge < -0.3 is 14.9 Å². The van der Waals surface area contributed by atoms with Gasteiger partial charge in [0.1, 0.15) is 23.1 Å². The van der Waals surface area contributed by atoms with Crippen LogP contribution < -0.4 is 5.32 Å². The van der Waals surface area contributed by atoms with E-state index in [1.807, 2.05) is 23.9 Å². The highest BCUT2D eigenvalue weighted by atomic mass is 19.1. The van der Waals surface area contributed by atoms with Crippen molar-refractivity contribution >= 4 is 27.8 Å². The third-order valence-electron chi connectivity index (χ3n) is 7.61. The zero-order chi connectivity index (χ0) is 21.3. The SMILES string of the molecule is C[C@@H]1C2CCC(CC2)[C@H]1Nc1nc(-c2c[nH]c3c(F)cc(F)cc23)nc2c1ccn2C. The third-order valence-corrected chi connectivity index (χ3v) is 7.61. The molecular formula is C24H25F2N5. The summed E-state index contributed by atoms with van der Waals surface area (Å²) in [6.45, 7) is 2.35. The van der Waals surface area contributed by atoms with Crippen LogP contribution in [0.5, 0.6) is 0 Å². The summed E-state index contributed by atoms with van der Waals surface area (Å²) >= 11 is 0. The van der Waals surface area contributed by atoms with Crippen molar-refractivity contribution in [3.8, 4) is 11.4 Å². The molecule has 0 spiro atoms. The van der Waals surface area contributed by atoms with E-state index in [1.54, 1.807) is 6.20 Å². The number of nitrogens with zero attached hydrogens (tertiary/aromatic N) is 3. The first-order valence-corrected chi connectivity index (χ1v) is 11.1. The van der Waals surface area contributed by atoms with Crippen LogP contribution in [0.2, 0.25) is 0 Å². The number of nitrogens with one attached hydrogen (secondary N) is 2. The second-order valence-electron chi connectivity index (χ2n) is 9.28. The highest BCUT2D eigenvalue weighted by molar-refractivity contribution is 5.96. The lowest BCUT2D eigenvalue weighted by molar-refractivity contribution is 0.0929. The molecule has 2 bridgehead atoms. The first-order valence-electron chi connectivity index (χ1n) is 11.1. The van der Waals surface area contributed by atoms with E-state index in [-0.39, 0.29) is 5.52 Å². The van der Waals surface area contributed by atoms with E-state index in [2.05, 4.69) is 17.2 Å². The summed E-state index contributed by atoms with van der Waals surface area (Å²) in [5.41, 5.74) is 1.66. The minimum absolute atomic E-state index is 0.264. The number of anilines is 1. The van der Waals surface area contributed by atoms with Gasteiger partial charge in [-0.15, -0.1) is 0 Å². The van der Waals surface area contributed by atoms with Gasteiger partial charge in [0.05, 0.1) is 10.9 Å². The molecular weight excluding hydrogens is 396 g/mol. The average molecular weight is 421 g/mol. The summed E-state index contributed by atoms with van der Waals surface area (Å²) in [6.07, 6.45) is 8.82. The van der Waals surface area contributed by atoms with E-state index in [4.69, 9.17) is 9.97 Å². The van der Waals surface area contributed by atoms with E-state index in [9.17, 15) is 8.78 Å². The highest BCUT2D eigenvalue weighted by Gasteiger charge is 2.41. The van der Waals surface area contributed by atoms with E-state index in [0.717, 1.165) is 28.8 Å². The maximum Gasteiger partial charge on any atom is 0.166 e. The molecule has 3 heterocycles. The fourth-order valence-electron chi connectivity index (χ4n) is 5.87. The molecule has 1 aromatic carbocycles. The van der Waals surface area contributed by atoms with Crippen LogP contribution in [0.25, 0.3) is 33.3 Å². The number of rotatable bonds is 3. The summed E-state index contributed by atoms with van der Waals surface area (Å²) in [4.78, 5) is 12.6. The van der Waals surface area contributed by atoms with E-state index in [0.29, 0.717) is 34.7 Å². The van der Waals surface area contributed by atoms with Crippen molar-refractivity contribution in [3.05, 3.63) is 42.2 Å². The Kier molecular flexibility index (Phi) is 4.10. The Morgan fingerprint density at radius 1 is 1.06 bits per heavy atom. The maximum absolute atomic E-state index is 14.2. The molecule has 0 saturated heterocycles. The lowest BCUT2D eigenvalue weighted by Crippen LogP contribution is -2.47. The molecule has 3 aliphatic rings. The third kappa shape index (κ3) is 2.86. The van der Waals surface area contributed by atoms with Gasteiger partial charge in [0.25, 0.3) is 0 Å². The van der Waals surface area contributed by atoms with Gasteiger partial charge in [-0.2, -0.15) is 0 Å². The number of H-pyrrole nitrogens is 1. The molecule has 160 valence electrons. The molecule has 3 fully saturated rings. The minimum Gasteiger partial charge on any atom is -0.366 e. The molecule has 7 heteroatoms. The van der Waals surface area contributed by atoms with Gasteiger partial charge in [0, 0.05) is 42.5 Å². The molecule has 2 N–H and O–H groups in total. The second kappa shape index (κ2) is 6.77. The van der Waals surface area contributed by atoms with Crippen molar-refractivity contribution in [2.45, 2.75) is 38.6 Å². The van der Waals surface area contributed by atoms with Gasteiger partial charge >= 0.3 is 0 Å². The van der Waals surface area contributed by atoms with Crippen molar-refractivity contribution in [2.24, 2.45) is 24.8 Å². The molecule has 0 unspecified atom stereocenters. The zero-order valence-electron chi connectivity index (χ0n) is 17.6. The summed E-state index contributed by atoms with van der Waals surface area (Å²) in [6, 6.07) is 4.63.